The van der Waals surface area contributed by atoms with E-state index in [2.05, 4.69) is 36.1 Å². The second-order valence-corrected chi connectivity index (χ2v) is 8.10. The second kappa shape index (κ2) is 7.53. The number of rotatable bonds is 4. The molecular formula is C21H23N5S. The number of hydrogen-bond donors (Lipinski definition) is 0. The van der Waals surface area contributed by atoms with Crippen LogP contribution in [0.15, 0.2) is 36.7 Å². The fraction of sp³-hybridized carbons (Fsp3) is 0.381. The Morgan fingerprint density at radius 2 is 1.93 bits per heavy atom. The third kappa shape index (κ3) is 3.60. The van der Waals surface area contributed by atoms with Gasteiger partial charge in [0, 0.05) is 37.0 Å². The first-order valence-corrected chi connectivity index (χ1v) is 10.3. The van der Waals surface area contributed by atoms with Crippen LogP contribution >= 0.6 is 11.3 Å². The Hall–Kier alpha value is -2.65. The third-order valence-corrected chi connectivity index (χ3v) is 6.34. The highest BCUT2D eigenvalue weighted by atomic mass is 32.1. The standard InChI is InChI=1S/C21H23N5S/c1-3-26-14-18(13-23-26)20-19(17-6-4-16(12-22)5-7-17)24-21(27-20)25-10-8-15(2)9-11-25/h4-7,13-15H,3,8-11H2,1-2H3. The van der Waals surface area contributed by atoms with Crippen molar-refractivity contribution in [2.45, 2.75) is 33.2 Å². The molecular weight excluding hydrogens is 354 g/mol. The van der Waals surface area contributed by atoms with Crippen molar-refractivity contribution in [2.24, 2.45) is 5.92 Å². The number of aryl methyl sites for hydroxylation is 1. The smallest absolute Gasteiger partial charge is 0.186 e. The van der Waals surface area contributed by atoms with Gasteiger partial charge in [-0.25, -0.2) is 4.98 Å². The van der Waals surface area contributed by atoms with Crippen molar-refractivity contribution in [3.63, 3.8) is 0 Å². The minimum atomic E-state index is 0.666. The van der Waals surface area contributed by atoms with Gasteiger partial charge in [-0.3, -0.25) is 4.68 Å². The molecule has 0 bridgehead atoms. The zero-order chi connectivity index (χ0) is 18.8. The zero-order valence-corrected chi connectivity index (χ0v) is 16.5. The molecule has 1 aromatic carbocycles. The molecule has 1 aliphatic rings. The lowest BCUT2D eigenvalue weighted by molar-refractivity contribution is 0.438. The van der Waals surface area contributed by atoms with E-state index in [1.807, 2.05) is 35.1 Å². The van der Waals surface area contributed by atoms with E-state index >= 15 is 0 Å². The number of hydrogen-bond acceptors (Lipinski definition) is 5. The van der Waals surface area contributed by atoms with Crippen LogP contribution in [0.2, 0.25) is 0 Å². The van der Waals surface area contributed by atoms with Gasteiger partial charge in [-0.2, -0.15) is 10.4 Å². The van der Waals surface area contributed by atoms with E-state index in [1.54, 1.807) is 11.3 Å². The Labute approximate surface area is 163 Å². The van der Waals surface area contributed by atoms with Gasteiger partial charge in [0.1, 0.15) is 0 Å². The quantitative estimate of drug-likeness (QED) is 0.655. The molecule has 2 aromatic heterocycles. The molecule has 1 saturated heterocycles. The van der Waals surface area contributed by atoms with Crippen molar-refractivity contribution in [2.75, 3.05) is 18.0 Å². The van der Waals surface area contributed by atoms with Gasteiger partial charge >= 0.3 is 0 Å². The zero-order valence-electron chi connectivity index (χ0n) is 15.7. The molecule has 0 spiro atoms. The molecule has 27 heavy (non-hydrogen) atoms. The number of nitrogens with zero attached hydrogens (tertiary/aromatic N) is 5. The largest absolute Gasteiger partial charge is 0.348 e. The maximum absolute atomic E-state index is 9.08. The van der Waals surface area contributed by atoms with Crippen LogP contribution in [0.4, 0.5) is 5.13 Å². The van der Waals surface area contributed by atoms with E-state index in [0.29, 0.717) is 5.56 Å². The molecule has 5 nitrogen and oxygen atoms in total. The normalized spacial score (nSPS) is 15.1. The van der Waals surface area contributed by atoms with E-state index in [1.165, 1.54) is 12.8 Å². The number of nitriles is 1. The fourth-order valence-corrected chi connectivity index (χ4v) is 4.51. The van der Waals surface area contributed by atoms with Gasteiger partial charge in [0.25, 0.3) is 0 Å². The Morgan fingerprint density at radius 1 is 1.19 bits per heavy atom. The van der Waals surface area contributed by atoms with Crippen LogP contribution in [-0.4, -0.2) is 27.9 Å². The first kappa shape index (κ1) is 17.7. The summed E-state index contributed by atoms with van der Waals surface area (Å²) >= 11 is 1.75. The molecule has 1 aliphatic heterocycles. The summed E-state index contributed by atoms with van der Waals surface area (Å²) in [5, 5.41) is 14.6. The summed E-state index contributed by atoms with van der Waals surface area (Å²) in [6.45, 7) is 7.39. The first-order valence-electron chi connectivity index (χ1n) is 9.47. The average molecular weight is 378 g/mol. The molecule has 0 saturated carbocycles. The minimum absolute atomic E-state index is 0.666. The predicted octanol–water partition coefficient (Wildman–Crippen LogP) is 4.80. The number of aromatic nitrogens is 3. The van der Waals surface area contributed by atoms with Crippen molar-refractivity contribution in [3.05, 3.63) is 42.2 Å². The number of thiazole rings is 1. The number of piperidine rings is 1. The Bertz CT molecular complexity index is 955. The van der Waals surface area contributed by atoms with Crippen LogP contribution in [-0.2, 0) is 6.54 Å². The summed E-state index contributed by atoms with van der Waals surface area (Å²) in [7, 11) is 0. The van der Waals surface area contributed by atoms with E-state index in [4.69, 9.17) is 10.2 Å². The van der Waals surface area contributed by atoms with Crippen LogP contribution in [0, 0.1) is 17.2 Å². The SMILES string of the molecule is CCn1cc(-c2sc(N3CCC(C)CC3)nc2-c2ccc(C#N)cc2)cn1. The molecule has 3 aromatic rings. The van der Waals surface area contributed by atoms with Crippen LogP contribution in [0.3, 0.4) is 0 Å². The highest BCUT2D eigenvalue weighted by Crippen LogP contribution is 2.41. The molecule has 6 heteroatoms. The van der Waals surface area contributed by atoms with Crippen molar-refractivity contribution in [1.82, 2.24) is 14.8 Å². The molecule has 0 atom stereocenters. The highest BCUT2D eigenvalue weighted by Gasteiger charge is 2.22. The lowest BCUT2D eigenvalue weighted by Crippen LogP contribution is -2.32. The van der Waals surface area contributed by atoms with E-state index in [9.17, 15) is 0 Å². The van der Waals surface area contributed by atoms with Crippen LogP contribution in [0.5, 0.6) is 0 Å². The summed E-state index contributed by atoms with van der Waals surface area (Å²) in [5.41, 5.74) is 3.79. The Kier molecular flexibility index (Phi) is 4.95. The topological polar surface area (TPSA) is 57.7 Å². The van der Waals surface area contributed by atoms with Crippen LogP contribution in [0.1, 0.15) is 32.3 Å². The molecule has 1 fully saturated rings. The van der Waals surface area contributed by atoms with Gasteiger partial charge in [0.15, 0.2) is 5.13 Å². The molecule has 0 amide bonds. The van der Waals surface area contributed by atoms with Gasteiger partial charge in [-0.05, 0) is 37.8 Å². The highest BCUT2D eigenvalue weighted by molar-refractivity contribution is 7.19. The molecule has 0 unspecified atom stereocenters. The molecule has 0 aliphatic carbocycles. The monoisotopic (exact) mass is 377 g/mol. The minimum Gasteiger partial charge on any atom is -0.348 e. The molecule has 0 radical (unpaired) electrons. The second-order valence-electron chi connectivity index (χ2n) is 7.12. The fourth-order valence-electron chi connectivity index (χ4n) is 3.39. The lowest BCUT2D eigenvalue weighted by atomic mass is 10.00. The van der Waals surface area contributed by atoms with Gasteiger partial charge in [-0.1, -0.05) is 30.4 Å². The summed E-state index contributed by atoms with van der Waals surface area (Å²) in [4.78, 5) is 8.58. The molecule has 138 valence electrons. The molecule has 4 rings (SSSR count). The van der Waals surface area contributed by atoms with Crippen molar-refractivity contribution in [1.29, 1.82) is 5.26 Å². The maximum atomic E-state index is 9.08. The predicted molar refractivity (Wildman–Crippen MR) is 110 cm³/mol. The third-order valence-electron chi connectivity index (χ3n) is 5.18. The Balaban J connectivity index is 1.76. The number of anilines is 1. The van der Waals surface area contributed by atoms with Gasteiger partial charge in [0.05, 0.1) is 28.4 Å². The van der Waals surface area contributed by atoms with Crippen molar-refractivity contribution in [3.8, 4) is 27.8 Å². The van der Waals surface area contributed by atoms with Gasteiger partial charge < -0.3 is 4.90 Å². The van der Waals surface area contributed by atoms with Crippen LogP contribution in [0.25, 0.3) is 21.7 Å². The van der Waals surface area contributed by atoms with Gasteiger partial charge in [0.2, 0.25) is 0 Å². The van der Waals surface area contributed by atoms with Crippen molar-refractivity contribution >= 4 is 16.5 Å². The molecule has 0 N–H and O–H groups in total. The summed E-state index contributed by atoms with van der Waals surface area (Å²) in [6.07, 6.45) is 6.44. The molecule has 3 heterocycles. The summed E-state index contributed by atoms with van der Waals surface area (Å²) in [5.74, 6) is 0.793. The Morgan fingerprint density at radius 3 is 2.56 bits per heavy atom. The van der Waals surface area contributed by atoms with Crippen LogP contribution < -0.4 is 4.90 Å². The maximum Gasteiger partial charge on any atom is 0.186 e. The summed E-state index contributed by atoms with van der Waals surface area (Å²) < 4.78 is 1.94. The first-order chi connectivity index (χ1) is 13.2. The van der Waals surface area contributed by atoms with Crippen molar-refractivity contribution < 1.29 is 0 Å². The lowest BCUT2D eigenvalue weighted by Gasteiger charge is -2.29. The van der Waals surface area contributed by atoms with E-state index < -0.39 is 0 Å². The average Bonchev–Trinajstić information content (AvgIpc) is 3.35. The van der Waals surface area contributed by atoms with E-state index in [-0.39, 0.29) is 0 Å². The summed E-state index contributed by atoms with van der Waals surface area (Å²) in [6, 6.07) is 9.88. The number of benzene rings is 1. The van der Waals surface area contributed by atoms with E-state index in [0.717, 1.165) is 52.4 Å². The van der Waals surface area contributed by atoms with Gasteiger partial charge in [-0.15, -0.1) is 0 Å².